The molecule has 1 atom stereocenters. The van der Waals surface area contributed by atoms with Gasteiger partial charge < -0.3 is 20.2 Å². The van der Waals surface area contributed by atoms with Crippen molar-refractivity contribution in [2.45, 2.75) is 6.04 Å². The first kappa shape index (κ1) is 16.7. The summed E-state index contributed by atoms with van der Waals surface area (Å²) in [4.78, 5) is 38.4. The second-order valence-electron chi connectivity index (χ2n) is 5.28. The van der Waals surface area contributed by atoms with E-state index in [1.165, 1.54) is 15.9 Å². The van der Waals surface area contributed by atoms with Crippen LogP contribution in [0.15, 0.2) is 36.9 Å². The van der Waals surface area contributed by atoms with Crippen LogP contribution in [-0.4, -0.2) is 60.5 Å². The van der Waals surface area contributed by atoms with E-state index in [0.717, 1.165) is 0 Å². The predicted molar refractivity (Wildman–Crippen MR) is 85.0 cm³/mol. The normalized spacial score (nSPS) is 17.4. The summed E-state index contributed by atoms with van der Waals surface area (Å²) in [5.74, 6) is -0.832. The van der Waals surface area contributed by atoms with Crippen LogP contribution in [0, 0.1) is 0 Å². The SMILES string of the molecule is C=CC(=O)N(C)c1ccc(C(=O)N2CC(=O)N[C@H](CO)C2)cc1. The first-order valence-corrected chi connectivity index (χ1v) is 7.16. The molecule has 1 aromatic carbocycles. The third-order valence-electron chi connectivity index (χ3n) is 3.65. The van der Waals surface area contributed by atoms with Crippen LogP contribution < -0.4 is 10.2 Å². The van der Waals surface area contributed by atoms with Gasteiger partial charge in [0.2, 0.25) is 11.8 Å². The molecule has 0 saturated carbocycles. The fraction of sp³-hybridized carbons (Fsp3) is 0.312. The number of hydrogen-bond donors (Lipinski definition) is 2. The minimum absolute atomic E-state index is 0.0358. The van der Waals surface area contributed by atoms with Crippen molar-refractivity contribution in [1.82, 2.24) is 10.2 Å². The van der Waals surface area contributed by atoms with Crippen LogP contribution in [-0.2, 0) is 9.59 Å². The number of aliphatic hydroxyl groups excluding tert-OH is 1. The smallest absolute Gasteiger partial charge is 0.254 e. The van der Waals surface area contributed by atoms with Crippen LogP contribution in [0.4, 0.5) is 5.69 Å². The van der Waals surface area contributed by atoms with Gasteiger partial charge in [-0.25, -0.2) is 0 Å². The highest BCUT2D eigenvalue weighted by Crippen LogP contribution is 2.16. The van der Waals surface area contributed by atoms with Gasteiger partial charge in [0.05, 0.1) is 19.2 Å². The maximum absolute atomic E-state index is 12.4. The Labute approximate surface area is 134 Å². The second-order valence-corrected chi connectivity index (χ2v) is 5.28. The zero-order valence-corrected chi connectivity index (χ0v) is 12.9. The molecule has 7 heteroatoms. The molecule has 0 unspecified atom stereocenters. The van der Waals surface area contributed by atoms with Crippen molar-refractivity contribution in [1.29, 1.82) is 0 Å². The van der Waals surface area contributed by atoms with Crippen LogP contribution in [0.1, 0.15) is 10.4 Å². The Hall–Kier alpha value is -2.67. The predicted octanol–water partition coefficient (Wildman–Crippen LogP) is -0.232. The van der Waals surface area contributed by atoms with Gasteiger partial charge in [0, 0.05) is 24.8 Å². The number of nitrogens with zero attached hydrogens (tertiary/aromatic N) is 2. The summed E-state index contributed by atoms with van der Waals surface area (Å²) < 4.78 is 0. The van der Waals surface area contributed by atoms with Gasteiger partial charge in [-0.15, -0.1) is 0 Å². The Kier molecular flexibility index (Phi) is 5.13. The Bertz CT molecular complexity index is 627. The number of hydrogen-bond acceptors (Lipinski definition) is 4. The largest absolute Gasteiger partial charge is 0.394 e. The zero-order chi connectivity index (χ0) is 17.0. The van der Waals surface area contributed by atoms with Crippen LogP contribution in [0.25, 0.3) is 0 Å². The summed E-state index contributed by atoms with van der Waals surface area (Å²) >= 11 is 0. The number of carbonyl (C=O) groups is 3. The van der Waals surface area contributed by atoms with Crippen molar-refractivity contribution in [3.63, 3.8) is 0 Å². The Morgan fingerprint density at radius 2 is 2.09 bits per heavy atom. The number of likely N-dealkylation sites (N-methyl/N-ethyl adjacent to an activating group) is 1. The molecule has 1 saturated heterocycles. The average Bonchev–Trinajstić information content (AvgIpc) is 2.59. The summed E-state index contributed by atoms with van der Waals surface area (Å²) in [6, 6.07) is 6.07. The maximum atomic E-state index is 12.4. The van der Waals surface area contributed by atoms with Gasteiger partial charge in [0.1, 0.15) is 0 Å². The highest BCUT2D eigenvalue weighted by Gasteiger charge is 2.28. The standard InChI is InChI=1S/C16H19N3O4/c1-3-15(22)18(2)13-6-4-11(5-7-13)16(23)19-8-12(10-20)17-14(21)9-19/h3-7,12,20H,1,8-10H2,2H3,(H,17,21)/t12-/m0/s1. The van der Waals surface area contributed by atoms with E-state index in [9.17, 15) is 14.4 Å². The highest BCUT2D eigenvalue weighted by atomic mass is 16.3. The van der Waals surface area contributed by atoms with Gasteiger partial charge in [-0.2, -0.15) is 0 Å². The fourth-order valence-corrected chi connectivity index (χ4v) is 2.36. The number of piperazine rings is 1. The molecule has 7 nitrogen and oxygen atoms in total. The molecule has 1 heterocycles. The Balaban J connectivity index is 2.12. The van der Waals surface area contributed by atoms with Crippen LogP contribution in [0.2, 0.25) is 0 Å². The highest BCUT2D eigenvalue weighted by molar-refractivity contribution is 6.01. The van der Waals surface area contributed by atoms with Gasteiger partial charge in [-0.1, -0.05) is 6.58 Å². The molecular weight excluding hydrogens is 298 g/mol. The van der Waals surface area contributed by atoms with Gasteiger partial charge in [0.25, 0.3) is 5.91 Å². The number of aliphatic hydroxyl groups is 1. The second kappa shape index (κ2) is 7.06. The third-order valence-corrected chi connectivity index (χ3v) is 3.65. The molecule has 0 aromatic heterocycles. The molecule has 23 heavy (non-hydrogen) atoms. The van der Waals surface area contributed by atoms with E-state index in [1.54, 1.807) is 31.3 Å². The summed E-state index contributed by atoms with van der Waals surface area (Å²) in [5, 5.41) is 11.8. The maximum Gasteiger partial charge on any atom is 0.254 e. The first-order chi connectivity index (χ1) is 11.0. The van der Waals surface area contributed by atoms with Gasteiger partial charge >= 0.3 is 0 Å². The van der Waals surface area contributed by atoms with E-state index < -0.39 is 6.04 Å². The summed E-state index contributed by atoms with van der Waals surface area (Å²) in [6.45, 7) is 3.43. The topological polar surface area (TPSA) is 90.0 Å². The van der Waals surface area contributed by atoms with Crippen LogP contribution >= 0.6 is 0 Å². The number of benzene rings is 1. The molecule has 3 amide bonds. The lowest BCUT2D eigenvalue weighted by atomic mass is 10.1. The van der Waals surface area contributed by atoms with E-state index in [4.69, 9.17) is 5.11 Å². The molecule has 1 aliphatic heterocycles. The molecule has 0 spiro atoms. The number of anilines is 1. The van der Waals surface area contributed by atoms with E-state index in [2.05, 4.69) is 11.9 Å². The average molecular weight is 317 g/mol. The first-order valence-electron chi connectivity index (χ1n) is 7.16. The van der Waals surface area contributed by atoms with E-state index in [0.29, 0.717) is 11.3 Å². The molecular formula is C16H19N3O4. The van der Waals surface area contributed by atoms with Crippen molar-refractivity contribution in [3.05, 3.63) is 42.5 Å². The van der Waals surface area contributed by atoms with Crippen molar-refractivity contribution >= 4 is 23.4 Å². The quantitative estimate of drug-likeness (QED) is 0.751. The van der Waals surface area contributed by atoms with Crippen LogP contribution in [0.5, 0.6) is 0 Å². The lowest BCUT2D eigenvalue weighted by Crippen LogP contribution is -2.57. The lowest BCUT2D eigenvalue weighted by molar-refractivity contribution is -0.125. The molecule has 1 aliphatic rings. The summed E-state index contributed by atoms with van der Waals surface area (Å²) in [6.07, 6.45) is 1.21. The number of rotatable bonds is 4. The van der Waals surface area contributed by atoms with E-state index >= 15 is 0 Å². The molecule has 1 fully saturated rings. The van der Waals surface area contributed by atoms with E-state index in [-0.39, 0.29) is 37.4 Å². The molecule has 122 valence electrons. The third kappa shape index (κ3) is 3.75. The lowest BCUT2D eigenvalue weighted by Gasteiger charge is -2.32. The van der Waals surface area contributed by atoms with Crippen molar-refractivity contribution < 1.29 is 19.5 Å². The molecule has 0 radical (unpaired) electrons. The number of carbonyl (C=O) groups excluding carboxylic acids is 3. The van der Waals surface area contributed by atoms with Crippen molar-refractivity contribution in [3.8, 4) is 0 Å². The number of amides is 3. The van der Waals surface area contributed by atoms with Gasteiger partial charge in [-0.3, -0.25) is 14.4 Å². The molecule has 2 N–H and O–H groups in total. The summed E-state index contributed by atoms with van der Waals surface area (Å²) in [7, 11) is 1.61. The van der Waals surface area contributed by atoms with Crippen molar-refractivity contribution in [2.75, 3.05) is 31.6 Å². The monoisotopic (exact) mass is 317 g/mol. The van der Waals surface area contributed by atoms with Crippen LogP contribution in [0.3, 0.4) is 0 Å². The summed E-state index contributed by atoms with van der Waals surface area (Å²) in [5.41, 5.74) is 1.05. The van der Waals surface area contributed by atoms with E-state index in [1.807, 2.05) is 0 Å². The van der Waals surface area contributed by atoms with Crippen molar-refractivity contribution in [2.24, 2.45) is 0 Å². The van der Waals surface area contributed by atoms with Gasteiger partial charge in [0.15, 0.2) is 0 Å². The van der Waals surface area contributed by atoms with Gasteiger partial charge in [-0.05, 0) is 30.3 Å². The fourth-order valence-electron chi connectivity index (χ4n) is 2.36. The minimum Gasteiger partial charge on any atom is -0.394 e. The molecule has 0 bridgehead atoms. The Morgan fingerprint density at radius 1 is 1.43 bits per heavy atom. The molecule has 1 aromatic rings. The Morgan fingerprint density at radius 3 is 2.65 bits per heavy atom. The minimum atomic E-state index is -0.448. The molecule has 0 aliphatic carbocycles. The zero-order valence-electron chi connectivity index (χ0n) is 12.9. The molecule has 2 rings (SSSR count). The number of nitrogens with one attached hydrogen (secondary N) is 1.